The Bertz CT molecular complexity index is 1710. The van der Waals surface area contributed by atoms with E-state index in [-0.39, 0.29) is 40.8 Å². The van der Waals surface area contributed by atoms with Crippen molar-refractivity contribution in [2.24, 2.45) is 0 Å². The fourth-order valence-electron chi connectivity index (χ4n) is 3.48. The van der Waals surface area contributed by atoms with E-state index >= 15 is 4.39 Å². The van der Waals surface area contributed by atoms with Crippen molar-refractivity contribution < 1.29 is 33.7 Å². The average molecular weight is 462 g/mol. The van der Waals surface area contributed by atoms with Gasteiger partial charge in [-0.15, -0.1) is 0 Å². The van der Waals surface area contributed by atoms with Crippen LogP contribution < -0.4 is 14.2 Å². The summed E-state index contributed by atoms with van der Waals surface area (Å²) in [6, 6.07) is 6.81. The van der Waals surface area contributed by atoms with Crippen LogP contribution in [-0.4, -0.2) is 52.9 Å². The number of halogens is 1. The topological polar surface area (TPSA) is 72.5 Å². The second-order valence-corrected chi connectivity index (χ2v) is 7.22. The largest absolute Gasteiger partial charge is 0.493 e. The molecule has 33 heavy (non-hydrogen) atoms. The molecule has 0 unspecified atom stereocenters. The highest BCUT2D eigenvalue weighted by atomic mass is 19.1. The normalized spacial score (nSPS) is 23.5. The van der Waals surface area contributed by atoms with Crippen LogP contribution in [0.1, 0.15) is 40.0 Å². The van der Waals surface area contributed by atoms with Gasteiger partial charge in [-0.3, -0.25) is 0 Å². The predicted octanol–water partition coefficient (Wildman–Crippen LogP) is 5.22. The molecule has 0 saturated carbocycles. The lowest BCUT2D eigenvalue weighted by Crippen LogP contribution is -2.21. The lowest BCUT2D eigenvalue weighted by molar-refractivity contribution is 0.254. The van der Waals surface area contributed by atoms with Crippen LogP contribution in [0.3, 0.4) is 0 Å². The summed E-state index contributed by atoms with van der Waals surface area (Å²) in [5.74, 6) is -2.06. The Morgan fingerprint density at radius 3 is 2.88 bits per heavy atom. The Morgan fingerprint density at radius 1 is 1.15 bits per heavy atom. The first kappa shape index (κ1) is 12.2. The number of ether oxygens (including phenoxy) is 3. The van der Waals surface area contributed by atoms with E-state index < -0.39 is 56.8 Å². The molecule has 1 fully saturated rings. The predicted molar refractivity (Wildman–Crippen MR) is 125 cm³/mol. The van der Waals surface area contributed by atoms with Gasteiger partial charge in [-0.1, -0.05) is 0 Å². The molecule has 2 aromatic carbocycles. The lowest BCUT2D eigenvalue weighted by Gasteiger charge is -2.16. The zero-order chi connectivity index (χ0) is 32.5. The van der Waals surface area contributed by atoms with Crippen molar-refractivity contribution >= 4 is 21.8 Å². The van der Waals surface area contributed by atoms with Crippen molar-refractivity contribution in [2.75, 3.05) is 33.1 Å². The first-order valence-corrected chi connectivity index (χ1v) is 10.1. The first-order valence-electron chi connectivity index (χ1n) is 15.6. The number of fused-ring (bicyclic) bond motifs is 2. The summed E-state index contributed by atoms with van der Waals surface area (Å²) in [5, 5.41) is 0.329. The molecular weight excluding hydrogens is 423 g/mol. The smallest absolute Gasteiger partial charge is 0.230 e. The molecule has 4 aromatic rings. The Balaban J connectivity index is 1.51. The van der Waals surface area contributed by atoms with Gasteiger partial charge in [0, 0.05) is 37.4 Å². The zero-order valence-corrected chi connectivity index (χ0v) is 17.5. The highest BCUT2D eigenvalue weighted by Gasteiger charge is 2.17. The molecule has 0 spiro atoms. The maximum Gasteiger partial charge on any atom is 0.230 e. The number of likely N-dealkylation sites (tertiary alicyclic amines) is 1. The number of rotatable bonds is 8. The minimum absolute atomic E-state index is 0.0490. The molecule has 0 aliphatic carbocycles. The van der Waals surface area contributed by atoms with Gasteiger partial charge in [0.2, 0.25) is 5.88 Å². The van der Waals surface area contributed by atoms with Gasteiger partial charge in [0.25, 0.3) is 0 Å². The second kappa shape index (κ2) is 9.23. The molecule has 0 amide bonds. The number of H-pyrrole nitrogens is 1. The summed E-state index contributed by atoms with van der Waals surface area (Å²) >= 11 is 0. The third-order valence-electron chi connectivity index (χ3n) is 4.97. The number of aryl methyl sites for hydroxylation is 1. The number of nitrogens with one attached hydrogen (secondary N) is 1. The summed E-state index contributed by atoms with van der Waals surface area (Å²) in [5.41, 5.74) is 1.33. The fourth-order valence-corrected chi connectivity index (χ4v) is 3.48. The van der Waals surface area contributed by atoms with Gasteiger partial charge in [-0.05, 0) is 63.4 Å². The molecule has 1 aliphatic rings. The summed E-state index contributed by atoms with van der Waals surface area (Å²) in [6.07, 6.45) is -0.704. The van der Waals surface area contributed by atoms with Gasteiger partial charge in [0.1, 0.15) is 6.33 Å². The van der Waals surface area contributed by atoms with Gasteiger partial charge in [0.15, 0.2) is 23.1 Å². The van der Waals surface area contributed by atoms with Crippen LogP contribution in [0.4, 0.5) is 4.39 Å². The van der Waals surface area contributed by atoms with E-state index in [4.69, 9.17) is 29.3 Å². The van der Waals surface area contributed by atoms with Crippen molar-refractivity contribution in [3.63, 3.8) is 0 Å². The number of benzene rings is 2. The van der Waals surface area contributed by atoms with Gasteiger partial charge in [0.05, 0.1) is 31.4 Å². The summed E-state index contributed by atoms with van der Waals surface area (Å²) < 4.78 is 120. The minimum Gasteiger partial charge on any atom is -0.493 e. The summed E-state index contributed by atoms with van der Waals surface area (Å²) in [7, 11) is -3.05. The van der Waals surface area contributed by atoms with Crippen molar-refractivity contribution in [2.45, 2.75) is 26.2 Å². The van der Waals surface area contributed by atoms with Crippen LogP contribution in [-0.2, 0) is 0 Å². The van der Waals surface area contributed by atoms with E-state index in [1.54, 1.807) is 19.1 Å². The van der Waals surface area contributed by atoms with Crippen LogP contribution >= 0.6 is 0 Å². The SMILES string of the molecule is [2H]C([2H])([2H])Oc1cc2c(Oc3ccc4[nH]c(C)cc4c3F)ncnc2cc1OC([2H])([2H])CC([2H])([2H])N1C([2H])([2H])CCC1([2H])[2H]. The molecule has 1 saturated heterocycles. The molecule has 5 rings (SSSR count). The van der Waals surface area contributed by atoms with E-state index in [0.717, 1.165) is 24.2 Å². The van der Waals surface area contributed by atoms with Gasteiger partial charge in [-0.25, -0.2) is 14.4 Å². The van der Waals surface area contributed by atoms with E-state index in [1.807, 2.05) is 0 Å². The van der Waals surface area contributed by atoms with Crippen LogP contribution in [0.25, 0.3) is 21.8 Å². The minimum atomic E-state index is -3.05. The molecule has 8 heteroatoms. The molecule has 1 aliphatic heterocycles. The van der Waals surface area contributed by atoms with E-state index in [9.17, 15) is 0 Å². The molecule has 0 bridgehead atoms. The Morgan fingerprint density at radius 2 is 2.03 bits per heavy atom. The number of hydrogen-bond acceptors (Lipinski definition) is 6. The van der Waals surface area contributed by atoms with Crippen LogP contribution in [0.15, 0.2) is 36.7 Å². The van der Waals surface area contributed by atoms with Crippen molar-refractivity contribution in [1.29, 1.82) is 0 Å². The molecule has 0 radical (unpaired) electrons. The van der Waals surface area contributed by atoms with E-state index in [2.05, 4.69) is 15.0 Å². The monoisotopic (exact) mass is 461 g/mol. The average Bonchev–Trinajstić information content (AvgIpc) is 3.34. The molecule has 172 valence electrons. The maximum atomic E-state index is 15.2. The standard InChI is InChI=1S/C25H27FN4O3/c1-16-12-17-19(29-16)6-7-21(24(17)26)33-25-18-13-22(31-2)23(14-20(18)27-15-28-25)32-11-5-10-30-8-3-4-9-30/h6-7,12-15,29H,3-5,8-11H2,1-2H3/i2D3,8D2,9D2,10D2,11D2. The highest BCUT2D eigenvalue weighted by molar-refractivity contribution is 5.87. The van der Waals surface area contributed by atoms with Crippen LogP contribution in [0.2, 0.25) is 0 Å². The quantitative estimate of drug-likeness (QED) is 0.388. The lowest BCUT2D eigenvalue weighted by atomic mass is 10.2. The van der Waals surface area contributed by atoms with Crippen molar-refractivity contribution in [3.05, 3.63) is 48.2 Å². The third-order valence-corrected chi connectivity index (χ3v) is 4.97. The molecule has 0 atom stereocenters. The molecule has 2 aromatic heterocycles. The molecule has 3 heterocycles. The molecular formula is C25H27FN4O3. The fraction of sp³-hybridized carbons (Fsp3) is 0.360. The Kier molecular flexibility index (Phi) is 3.41. The highest BCUT2D eigenvalue weighted by Crippen LogP contribution is 2.37. The molecule has 1 N–H and O–H groups in total. The number of hydrogen-bond donors (Lipinski definition) is 1. The zero-order valence-electron chi connectivity index (χ0n) is 28.5. The Hall–Kier alpha value is -3.39. The number of methoxy groups -OCH3 is 1. The second-order valence-electron chi connectivity index (χ2n) is 7.22. The summed E-state index contributed by atoms with van der Waals surface area (Å²) in [6.45, 7) is -8.85. The molecule has 7 nitrogen and oxygen atoms in total. The van der Waals surface area contributed by atoms with Crippen molar-refractivity contribution in [3.8, 4) is 23.1 Å². The first-order chi connectivity index (χ1) is 20.2. The number of aromatic nitrogens is 3. The third kappa shape index (κ3) is 4.43. The summed E-state index contributed by atoms with van der Waals surface area (Å²) in [4.78, 5) is 11.5. The Labute approximate surface area is 206 Å². The van der Waals surface area contributed by atoms with Gasteiger partial charge < -0.3 is 24.1 Å². The van der Waals surface area contributed by atoms with Crippen LogP contribution in [0, 0.1) is 12.7 Å². The van der Waals surface area contributed by atoms with E-state index in [0.29, 0.717) is 10.4 Å². The van der Waals surface area contributed by atoms with Gasteiger partial charge in [-0.2, -0.15) is 0 Å². The van der Waals surface area contributed by atoms with Gasteiger partial charge >= 0.3 is 0 Å². The maximum absolute atomic E-state index is 15.2. The number of aromatic amines is 1. The van der Waals surface area contributed by atoms with E-state index in [1.165, 1.54) is 6.07 Å². The van der Waals surface area contributed by atoms with Crippen LogP contribution in [0.5, 0.6) is 23.1 Å². The number of nitrogens with zero attached hydrogens (tertiary/aromatic N) is 3. The van der Waals surface area contributed by atoms with Crippen molar-refractivity contribution in [1.82, 2.24) is 19.9 Å².